The molecule has 2 aromatic rings. The standard InChI is InChI=1S/C19H23N3O5S/c23-17(21-24)13-19(11-5-2-6-12-19)22-28(25,26)16-9-10-18(20-14-16)27-15-7-3-1-4-8-15/h1,3-4,7-10,14,22,24H,2,5-6,11-13H2,(H,21,23). The molecule has 1 aliphatic rings. The third kappa shape index (κ3) is 5.06. The van der Waals surface area contributed by atoms with E-state index < -0.39 is 21.5 Å². The third-order valence-corrected chi connectivity index (χ3v) is 6.33. The molecule has 150 valence electrons. The Morgan fingerprint density at radius 1 is 1.11 bits per heavy atom. The number of rotatable bonds is 7. The average molecular weight is 405 g/mol. The van der Waals surface area contributed by atoms with E-state index in [0.29, 0.717) is 18.6 Å². The van der Waals surface area contributed by atoms with Crippen LogP contribution in [0.15, 0.2) is 53.6 Å². The maximum atomic E-state index is 12.9. The third-order valence-electron chi connectivity index (χ3n) is 4.77. The predicted molar refractivity (Wildman–Crippen MR) is 101 cm³/mol. The van der Waals surface area contributed by atoms with Gasteiger partial charge in [-0.2, -0.15) is 0 Å². The number of pyridine rings is 1. The lowest BCUT2D eigenvalue weighted by molar-refractivity contribution is -0.130. The van der Waals surface area contributed by atoms with Crippen molar-refractivity contribution in [1.82, 2.24) is 15.2 Å². The predicted octanol–water partition coefficient (Wildman–Crippen LogP) is 2.75. The number of para-hydroxylation sites is 1. The van der Waals surface area contributed by atoms with E-state index in [1.165, 1.54) is 18.3 Å². The summed E-state index contributed by atoms with van der Waals surface area (Å²) in [6.45, 7) is 0. The van der Waals surface area contributed by atoms with Crippen molar-refractivity contribution >= 4 is 15.9 Å². The lowest BCUT2D eigenvalue weighted by atomic mass is 9.80. The monoisotopic (exact) mass is 405 g/mol. The summed E-state index contributed by atoms with van der Waals surface area (Å²) in [4.78, 5) is 15.8. The molecule has 0 aliphatic heterocycles. The first kappa shape index (κ1) is 20.2. The molecule has 1 amide bonds. The smallest absolute Gasteiger partial charge is 0.245 e. The quantitative estimate of drug-likeness (QED) is 0.482. The minimum absolute atomic E-state index is 0.0118. The summed E-state index contributed by atoms with van der Waals surface area (Å²) in [5.41, 5.74) is 0.677. The van der Waals surface area contributed by atoms with Crippen LogP contribution in [0.5, 0.6) is 11.6 Å². The van der Waals surface area contributed by atoms with E-state index in [0.717, 1.165) is 19.3 Å². The Labute approximate surface area is 164 Å². The maximum absolute atomic E-state index is 12.9. The number of nitrogens with one attached hydrogen (secondary N) is 2. The fourth-order valence-electron chi connectivity index (χ4n) is 3.43. The van der Waals surface area contributed by atoms with Gasteiger partial charge in [0.2, 0.25) is 21.8 Å². The first-order valence-corrected chi connectivity index (χ1v) is 10.6. The topological polar surface area (TPSA) is 118 Å². The van der Waals surface area contributed by atoms with Gasteiger partial charge in [0.05, 0.1) is 6.20 Å². The lowest BCUT2D eigenvalue weighted by Gasteiger charge is -2.37. The second-order valence-corrected chi connectivity index (χ2v) is 8.59. The molecule has 28 heavy (non-hydrogen) atoms. The zero-order chi connectivity index (χ0) is 20.0. The maximum Gasteiger partial charge on any atom is 0.245 e. The number of hydrogen-bond donors (Lipinski definition) is 3. The SMILES string of the molecule is O=C(CC1(NS(=O)(=O)c2ccc(Oc3ccccc3)nc2)CCCCC1)NO. The molecule has 0 unspecified atom stereocenters. The van der Waals surface area contributed by atoms with Gasteiger partial charge in [0.1, 0.15) is 10.6 Å². The van der Waals surface area contributed by atoms with Crippen LogP contribution < -0.4 is 14.9 Å². The number of carbonyl (C=O) groups is 1. The van der Waals surface area contributed by atoms with Crippen molar-refractivity contribution in [2.75, 3.05) is 0 Å². The van der Waals surface area contributed by atoms with Crippen LogP contribution in [-0.4, -0.2) is 30.1 Å². The van der Waals surface area contributed by atoms with Crippen molar-refractivity contribution < 1.29 is 23.2 Å². The molecular weight excluding hydrogens is 382 g/mol. The molecule has 3 rings (SSSR count). The number of amides is 1. The van der Waals surface area contributed by atoms with Gasteiger partial charge in [-0.15, -0.1) is 0 Å². The summed E-state index contributed by atoms with van der Waals surface area (Å²) < 4.78 is 34.0. The van der Waals surface area contributed by atoms with E-state index in [4.69, 9.17) is 9.94 Å². The molecule has 1 saturated carbocycles. The number of nitrogens with zero attached hydrogens (tertiary/aromatic N) is 1. The molecule has 0 bridgehead atoms. The first-order valence-electron chi connectivity index (χ1n) is 9.08. The number of carbonyl (C=O) groups excluding carboxylic acids is 1. The highest BCUT2D eigenvalue weighted by Crippen LogP contribution is 2.33. The highest BCUT2D eigenvalue weighted by atomic mass is 32.2. The van der Waals surface area contributed by atoms with E-state index in [1.54, 1.807) is 17.6 Å². The molecule has 1 fully saturated rings. The van der Waals surface area contributed by atoms with Crippen molar-refractivity contribution in [3.8, 4) is 11.6 Å². The van der Waals surface area contributed by atoms with Gasteiger partial charge in [0, 0.05) is 18.0 Å². The highest BCUT2D eigenvalue weighted by molar-refractivity contribution is 7.89. The van der Waals surface area contributed by atoms with Gasteiger partial charge in [-0.3, -0.25) is 10.0 Å². The summed E-state index contributed by atoms with van der Waals surface area (Å²) in [7, 11) is -3.89. The van der Waals surface area contributed by atoms with E-state index in [-0.39, 0.29) is 17.2 Å². The summed E-state index contributed by atoms with van der Waals surface area (Å²) in [6.07, 6.45) is 4.77. The van der Waals surface area contributed by atoms with E-state index in [2.05, 4.69) is 9.71 Å². The van der Waals surface area contributed by atoms with Gasteiger partial charge in [-0.05, 0) is 31.0 Å². The van der Waals surface area contributed by atoms with Crippen LogP contribution in [0.1, 0.15) is 38.5 Å². The van der Waals surface area contributed by atoms with Crippen LogP contribution in [0.4, 0.5) is 0 Å². The second-order valence-electron chi connectivity index (χ2n) is 6.91. The number of aromatic nitrogens is 1. The summed E-state index contributed by atoms with van der Waals surface area (Å²) >= 11 is 0. The molecule has 1 aromatic heterocycles. The lowest BCUT2D eigenvalue weighted by Crippen LogP contribution is -2.52. The zero-order valence-electron chi connectivity index (χ0n) is 15.3. The van der Waals surface area contributed by atoms with Crippen LogP contribution in [0, 0.1) is 0 Å². The second kappa shape index (κ2) is 8.68. The molecule has 1 aliphatic carbocycles. The van der Waals surface area contributed by atoms with Crippen molar-refractivity contribution in [2.24, 2.45) is 0 Å². The van der Waals surface area contributed by atoms with E-state index in [1.807, 2.05) is 18.2 Å². The molecule has 0 saturated heterocycles. The number of sulfonamides is 1. The van der Waals surface area contributed by atoms with Gasteiger partial charge >= 0.3 is 0 Å². The summed E-state index contributed by atoms with van der Waals surface area (Å²) in [5.74, 6) is 0.256. The van der Waals surface area contributed by atoms with Crippen LogP contribution >= 0.6 is 0 Å². The molecular formula is C19H23N3O5S. The van der Waals surface area contributed by atoms with E-state index >= 15 is 0 Å². The Balaban J connectivity index is 1.76. The summed E-state index contributed by atoms with van der Waals surface area (Å²) in [6, 6.07) is 11.9. The van der Waals surface area contributed by atoms with Crippen LogP contribution in [0.25, 0.3) is 0 Å². The average Bonchev–Trinajstić information content (AvgIpc) is 2.69. The van der Waals surface area contributed by atoms with Crippen LogP contribution in [0.2, 0.25) is 0 Å². The Kier molecular flexibility index (Phi) is 6.28. The number of benzene rings is 1. The molecule has 1 aromatic carbocycles. The Morgan fingerprint density at radius 2 is 1.82 bits per heavy atom. The largest absolute Gasteiger partial charge is 0.439 e. The zero-order valence-corrected chi connectivity index (χ0v) is 16.1. The van der Waals surface area contributed by atoms with Gasteiger partial charge in [-0.25, -0.2) is 23.6 Å². The van der Waals surface area contributed by atoms with Crippen molar-refractivity contribution in [2.45, 2.75) is 49.0 Å². The van der Waals surface area contributed by atoms with Gasteiger partial charge in [-0.1, -0.05) is 37.5 Å². The van der Waals surface area contributed by atoms with Crippen molar-refractivity contribution in [1.29, 1.82) is 0 Å². The molecule has 0 atom stereocenters. The van der Waals surface area contributed by atoms with Crippen LogP contribution in [-0.2, 0) is 14.8 Å². The van der Waals surface area contributed by atoms with Crippen molar-refractivity contribution in [3.63, 3.8) is 0 Å². The highest BCUT2D eigenvalue weighted by Gasteiger charge is 2.38. The van der Waals surface area contributed by atoms with Crippen LogP contribution in [0.3, 0.4) is 0 Å². The van der Waals surface area contributed by atoms with Gasteiger partial charge in [0.15, 0.2) is 0 Å². The number of ether oxygens (including phenoxy) is 1. The van der Waals surface area contributed by atoms with Gasteiger partial charge < -0.3 is 4.74 Å². The molecule has 9 heteroatoms. The Morgan fingerprint density at radius 3 is 2.43 bits per heavy atom. The Hall–Kier alpha value is -2.49. The number of hydroxylamine groups is 1. The fraction of sp³-hybridized carbons (Fsp3) is 0.368. The minimum Gasteiger partial charge on any atom is -0.439 e. The molecule has 1 heterocycles. The summed E-state index contributed by atoms with van der Waals surface area (Å²) in [5, 5.41) is 8.85. The fourth-order valence-corrected chi connectivity index (χ4v) is 4.83. The number of hydrogen-bond acceptors (Lipinski definition) is 6. The molecule has 8 nitrogen and oxygen atoms in total. The normalized spacial score (nSPS) is 16.3. The molecule has 0 radical (unpaired) electrons. The molecule has 0 spiro atoms. The van der Waals surface area contributed by atoms with Gasteiger partial charge in [0.25, 0.3) is 0 Å². The van der Waals surface area contributed by atoms with Crippen molar-refractivity contribution in [3.05, 3.63) is 48.7 Å². The molecule has 3 N–H and O–H groups in total. The minimum atomic E-state index is -3.89. The van der Waals surface area contributed by atoms with E-state index in [9.17, 15) is 13.2 Å². The first-order chi connectivity index (χ1) is 13.4. The Bertz CT molecular complexity index is 895.